The van der Waals surface area contributed by atoms with E-state index in [9.17, 15) is 9.59 Å². The van der Waals surface area contributed by atoms with E-state index in [1.165, 1.54) is 7.11 Å². The van der Waals surface area contributed by atoms with Crippen LogP contribution in [0.5, 0.6) is 0 Å². The molecule has 0 bridgehead atoms. The summed E-state index contributed by atoms with van der Waals surface area (Å²) in [5, 5.41) is 12.9. The van der Waals surface area contributed by atoms with Gasteiger partial charge in [0.25, 0.3) is 0 Å². The smallest absolute Gasteiger partial charge is 0.305 e. The zero-order valence-corrected chi connectivity index (χ0v) is 13.6. The van der Waals surface area contributed by atoms with Gasteiger partial charge in [-0.25, -0.2) is 0 Å². The van der Waals surface area contributed by atoms with Crippen LogP contribution in [0, 0.1) is 6.92 Å². The average molecular weight is 318 g/mol. The predicted molar refractivity (Wildman–Crippen MR) is 87.4 cm³/mol. The molecule has 0 spiro atoms. The fraction of sp³-hybridized carbons (Fsp3) is 0.412. The summed E-state index contributed by atoms with van der Waals surface area (Å²) in [6, 6.07) is 9.86. The molecule has 2 rings (SSSR count). The maximum absolute atomic E-state index is 12.4. The van der Waals surface area contributed by atoms with Crippen LogP contribution in [-0.2, 0) is 20.9 Å². The number of aromatic nitrogens is 1. The number of carbonyl (C=O) groups is 2. The third-order valence-electron chi connectivity index (χ3n) is 3.76. The third kappa shape index (κ3) is 4.10. The Kier molecular flexibility index (Phi) is 5.05. The fourth-order valence-electron chi connectivity index (χ4n) is 2.86. The highest BCUT2D eigenvalue weighted by atomic mass is 16.5. The van der Waals surface area contributed by atoms with Crippen molar-refractivity contribution in [1.29, 1.82) is 0 Å². The molecule has 0 aliphatic rings. The minimum absolute atomic E-state index is 0.135. The maximum Gasteiger partial charge on any atom is 0.305 e. The zero-order chi connectivity index (χ0) is 17.0. The van der Waals surface area contributed by atoms with E-state index in [4.69, 9.17) is 9.84 Å². The van der Waals surface area contributed by atoms with Gasteiger partial charge in [-0.05, 0) is 31.4 Å². The molecule has 6 heteroatoms. The lowest BCUT2D eigenvalue weighted by molar-refractivity contribution is -0.139. The Morgan fingerprint density at radius 3 is 2.70 bits per heavy atom. The Morgan fingerprint density at radius 1 is 1.35 bits per heavy atom. The molecule has 0 aliphatic carbocycles. The molecule has 1 aromatic heterocycles. The molecular weight excluding hydrogens is 296 g/mol. The molecule has 0 saturated carbocycles. The number of nitrogens with zero attached hydrogens (tertiary/aromatic N) is 1. The monoisotopic (exact) mass is 318 g/mol. The normalized spacial score (nSPS) is 13.7. The van der Waals surface area contributed by atoms with Crippen LogP contribution < -0.4 is 5.32 Å². The van der Waals surface area contributed by atoms with E-state index in [1.807, 2.05) is 41.8 Å². The Labute approximate surface area is 135 Å². The van der Waals surface area contributed by atoms with Crippen LogP contribution >= 0.6 is 0 Å². The van der Waals surface area contributed by atoms with E-state index >= 15 is 0 Å². The standard InChI is InChI=1S/C17H22N2O4/c1-12-8-13-6-4-5-7-14(13)19(12)10-15(20)18-17(2,11-23-3)9-16(21)22/h4-8H,9-11H2,1-3H3,(H,18,20)(H,21,22). The molecule has 1 unspecified atom stereocenters. The largest absolute Gasteiger partial charge is 0.481 e. The minimum Gasteiger partial charge on any atom is -0.481 e. The fourth-order valence-corrected chi connectivity index (χ4v) is 2.86. The lowest BCUT2D eigenvalue weighted by Crippen LogP contribution is -2.51. The molecule has 1 atom stereocenters. The number of nitrogens with one attached hydrogen (secondary N) is 1. The summed E-state index contributed by atoms with van der Waals surface area (Å²) in [6.07, 6.45) is -0.196. The van der Waals surface area contributed by atoms with E-state index in [0.29, 0.717) is 0 Å². The Balaban J connectivity index is 2.17. The Bertz CT molecular complexity index is 722. The van der Waals surface area contributed by atoms with Crippen LogP contribution in [-0.4, -0.2) is 40.8 Å². The van der Waals surface area contributed by atoms with E-state index < -0.39 is 11.5 Å². The highest BCUT2D eigenvalue weighted by Gasteiger charge is 2.29. The highest BCUT2D eigenvalue weighted by Crippen LogP contribution is 2.19. The van der Waals surface area contributed by atoms with Crippen LogP contribution in [0.1, 0.15) is 19.0 Å². The van der Waals surface area contributed by atoms with Gasteiger partial charge in [0.15, 0.2) is 0 Å². The second kappa shape index (κ2) is 6.83. The van der Waals surface area contributed by atoms with Crippen molar-refractivity contribution < 1.29 is 19.4 Å². The first-order chi connectivity index (χ1) is 10.8. The van der Waals surface area contributed by atoms with E-state index in [-0.39, 0.29) is 25.5 Å². The predicted octanol–water partition coefficient (Wildman–Crippen LogP) is 1.95. The van der Waals surface area contributed by atoms with Crippen molar-refractivity contribution in [2.45, 2.75) is 32.4 Å². The lowest BCUT2D eigenvalue weighted by Gasteiger charge is -2.28. The number of carboxylic acids is 1. The number of carbonyl (C=O) groups excluding carboxylic acids is 1. The highest BCUT2D eigenvalue weighted by molar-refractivity contribution is 5.84. The van der Waals surface area contributed by atoms with Crippen LogP contribution in [0.2, 0.25) is 0 Å². The van der Waals surface area contributed by atoms with Gasteiger partial charge in [0, 0.05) is 18.3 Å². The first kappa shape index (κ1) is 17.0. The van der Waals surface area contributed by atoms with Crippen molar-refractivity contribution in [3.05, 3.63) is 36.0 Å². The first-order valence-corrected chi connectivity index (χ1v) is 7.41. The summed E-state index contributed by atoms with van der Waals surface area (Å²) in [5.41, 5.74) is 1.02. The average Bonchev–Trinajstić information content (AvgIpc) is 2.74. The first-order valence-electron chi connectivity index (χ1n) is 7.41. The lowest BCUT2D eigenvalue weighted by atomic mass is 9.99. The van der Waals surface area contributed by atoms with E-state index in [2.05, 4.69) is 5.32 Å². The van der Waals surface area contributed by atoms with E-state index in [0.717, 1.165) is 16.6 Å². The third-order valence-corrected chi connectivity index (χ3v) is 3.76. The van der Waals surface area contributed by atoms with Gasteiger partial charge < -0.3 is 19.7 Å². The van der Waals surface area contributed by atoms with Gasteiger partial charge in [-0.15, -0.1) is 0 Å². The molecule has 124 valence electrons. The molecule has 2 N–H and O–H groups in total. The second-order valence-electron chi connectivity index (χ2n) is 6.04. The maximum atomic E-state index is 12.4. The number of methoxy groups -OCH3 is 1. The number of hydrogen-bond acceptors (Lipinski definition) is 3. The summed E-state index contributed by atoms with van der Waals surface area (Å²) in [5.74, 6) is -1.22. The molecule has 1 heterocycles. The summed E-state index contributed by atoms with van der Waals surface area (Å²) in [7, 11) is 1.48. The van der Waals surface area contributed by atoms with Crippen molar-refractivity contribution in [3.63, 3.8) is 0 Å². The number of hydrogen-bond donors (Lipinski definition) is 2. The quantitative estimate of drug-likeness (QED) is 0.817. The van der Waals surface area contributed by atoms with Crippen LogP contribution in [0.15, 0.2) is 30.3 Å². The van der Waals surface area contributed by atoms with Gasteiger partial charge in [0.05, 0.1) is 18.6 Å². The number of aliphatic carboxylic acids is 1. The molecule has 1 amide bonds. The summed E-state index contributed by atoms with van der Waals surface area (Å²) in [6.45, 7) is 3.89. The zero-order valence-electron chi connectivity index (χ0n) is 13.6. The van der Waals surface area contributed by atoms with Crippen molar-refractivity contribution in [2.24, 2.45) is 0 Å². The number of amides is 1. The van der Waals surface area contributed by atoms with Gasteiger partial charge >= 0.3 is 5.97 Å². The molecule has 0 radical (unpaired) electrons. The van der Waals surface area contributed by atoms with Crippen molar-refractivity contribution in [1.82, 2.24) is 9.88 Å². The van der Waals surface area contributed by atoms with Gasteiger partial charge in [-0.2, -0.15) is 0 Å². The van der Waals surface area contributed by atoms with Crippen LogP contribution in [0.25, 0.3) is 10.9 Å². The molecule has 0 fully saturated rings. The van der Waals surface area contributed by atoms with Gasteiger partial charge in [0.1, 0.15) is 6.54 Å². The van der Waals surface area contributed by atoms with Crippen LogP contribution in [0.3, 0.4) is 0 Å². The number of carboxylic acid groups (broad SMARTS) is 1. The molecule has 23 heavy (non-hydrogen) atoms. The number of aryl methyl sites for hydroxylation is 1. The number of para-hydroxylation sites is 1. The summed E-state index contributed by atoms with van der Waals surface area (Å²) < 4.78 is 6.97. The van der Waals surface area contributed by atoms with Gasteiger partial charge in [0.2, 0.25) is 5.91 Å². The second-order valence-corrected chi connectivity index (χ2v) is 6.04. The topological polar surface area (TPSA) is 80.6 Å². The molecule has 2 aromatic rings. The number of fused-ring (bicyclic) bond motifs is 1. The Hall–Kier alpha value is -2.34. The number of ether oxygens (including phenoxy) is 1. The number of benzene rings is 1. The summed E-state index contributed by atoms with van der Waals surface area (Å²) in [4.78, 5) is 23.4. The van der Waals surface area contributed by atoms with Crippen LogP contribution in [0.4, 0.5) is 0 Å². The molecule has 0 aliphatic heterocycles. The van der Waals surface area contributed by atoms with E-state index in [1.54, 1.807) is 6.92 Å². The molecule has 6 nitrogen and oxygen atoms in total. The van der Waals surface area contributed by atoms with Crippen molar-refractivity contribution in [2.75, 3.05) is 13.7 Å². The molecule has 0 saturated heterocycles. The van der Waals surface area contributed by atoms with Crippen molar-refractivity contribution in [3.8, 4) is 0 Å². The minimum atomic E-state index is -0.979. The number of rotatable bonds is 7. The van der Waals surface area contributed by atoms with Gasteiger partial charge in [-0.3, -0.25) is 9.59 Å². The summed E-state index contributed by atoms with van der Waals surface area (Å²) >= 11 is 0. The Morgan fingerprint density at radius 2 is 2.04 bits per heavy atom. The molecule has 1 aromatic carbocycles. The SMILES string of the molecule is COCC(C)(CC(=O)O)NC(=O)Cn1c(C)cc2ccccc21. The molecular formula is C17H22N2O4. The van der Waals surface area contributed by atoms with Crippen molar-refractivity contribution >= 4 is 22.8 Å². The van der Waals surface area contributed by atoms with Gasteiger partial charge in [-0.1, -0.05) is 18.2 Å².